The Bertz CT molecular complexity index is 525. The lowest BCUT2D eigenvalue weighted by Crippen LogP contribution is -2.42. The van der Waals surface area contributed by atoms with E-state index < -0.39 is 10.0 Å². The topological polar surface area (TPSA) is 58.2 Å². The van der Waals surface area contributed by atoms with Crippen LogP contribution in [0.5, 0.6) is 0 Å². The Hall–Kier alpha value is -0.430. The summed E-state index contributed by atoms with van der Waals surface area (Å²) >= 11 is 3.34. The van der Waals surface area contributed by atoms with Crippen molar-refractivity contribution in [2.45, 2.75) is 30.7 Å². The van der Waals surface area contributed by atoms with Gasteiger partial charge in [0.15, 0.2) is 0 Å². The summed E-state index contributed by atoms with van der Waals surface area (Å²) < 4.78 is 28.2. The number of nitrogens with one attached hydrogen (secondary N) is 2. The average molecular weight is 333 g/mol. The van der Waals surface area contributed by atoms with Gasteiger partial charge in [-0.05, 0) is 56.6 Å². The fraction of sp³-hybridized carbons (Fsp3) is 0.500. The lowest BCUT2D eigenvalue weighted by molar-refractivity contribution is 0.427. The largest absolute Gasteiger partial charge is 0.317 e. The third-order valence-corrected chi connectivity index (χ3v) is 5.26. The minimum absolute atomic E-state index is 0.0410. The number of benzene rings is 1. The Balaban J connectivity index is 2.19. The maximum atomic E-state index is 12.3. The predicted octanol–water partition coefficient (Wildman–Crippen LogP) is 1.79. The Morgan fingerprint density at radius 3 is 2.61 bits per heavy atom. The van der Waals surface area contributed by atoms with Crippen LogP contribution >= 0.6 is 15.9 Å². The minimum atomic E-state index is -3.41. The SMILES string of the molecule is Cc1cc(Br)ccc1S(=O)(=O)NC1CCNCC1. The Morgan fingerprint density at radius 2 is 2.00 bits per heavy atom. The molecule has 0 saturated carbocycles. The van der Waals surface area contributed by atoms with E-state index in [2.05, 4.69) is 26.0 Å². The van der Waals surface area contributed by atoms with Crippen LogP contribution in [-0.2, 0) is 10.0 Å². The van der Waals surface area contributed by atoms with Gasteiger partial charge in [0.05, 0.1) is 4.90 Å². The zero-order valence-electron chi connectivity index (χ0n) is 10.2. The van der Waals surface area contributed by atoms with Crippen LogP contribution in [0.1, 0.15) is 18.4 Å². The van der Waals surface area contributed by atoms with Crippen molar-refractivity contribution in [3.63, 3.8) is 0 Å². The van der Waals surface area contributed by atoms with Crippen molar-refractivity contribution in [3.05, 3.63) is 28.2 Å². The molecule has 0 aliphatic carbocycles. The molecule has 6 heteroatoms. The number of aryl methyl sites for hydroxylation is 1. The van der Waals surface area contributed by atoms with E-state index in [1.807, 2.05) is 13.0 Å². The van der Waals surface area contributed by atoms with Crippen molar-refractivity contribution < 1.29 is 8.42 Å². The van der Waals surface area contributed by atoms with Gasteiger partial charge >= 0.3 is 0 Å². The smallest absolute Gasteiger partial charge is 0.241 e. The van der Waals surface area contributed by atoms with Gasteiger partial charge in [0.25, 0.3) is 0 Å². The van der Waals surface area contributed by atoms with Crippen LogP contribution in [0.15, 0.2) is 27.6 Å². The second-order valence-corrected chi connectivity index (χ2v) is 7.15. The fourth-order valence-electron chi connectivity index (χ4n) is 2.14. The fourth-order valence-corrected chi connectivity index (χ4v) is 4.14. The molecule has 1 heterocycles. The maximum Gasteiger partial charge on any atom is 0.241 e. The zero-order chi connectivity index (χ0) is 13.2. The van der Waals surface area contributed by atoms with Crippen LogP contribution in [0, 0.1) is 6.92 Å². The third-order valence-electron chi connectivity index (χ3n) is 3.09. The summed E-state index contributed by atoms with van der Waals surface area (Å²) in [6.45, 7) is 3.54. The molecule has 1 saturated heterocycles. The summed E-state index contributed by atoms with van der Waals surface area (Å²) in [5.74, 6) is 0. The van der Waals surface area contributed by atoms with Gasteiger partial charge in [-0.1, -0.05) is 15.9 Å². The van der Waals surface area contributed by atoms with Crippen LogP contribution in [-0.4, -0.2) is 27.5 Å². The van der Waals surface area contributed by atoms with E-state index >= 15 is 0 Å². The highest BCUT2D eigenvalue weighted by molar-refractivity contribution is 9.10. The minimum Gasteiger partial charge on any atom is -0.317 e. The van der Waals surface area contributed by atoms with Gasteiger partial charge in [0.2, 0.25) is 10.0 Å². The molecule has 1 aliphatic heterocycles. The molecular formula is C12H17BrN2O2S. The van der Waals surface area contributed by atoms with E-state index in [4.69, 9.17) is 0 Å². The van der Waals surface area contributed by atoms with Crippen LogP contribution in [0.25, 0.3) is 0 Å². The van der Waals surface area contributed by atoms with E-state index in [1.165, 1.54) is 0 Å². The summed E-state index contributed by atoms with van der Waals surface area (Å²) in [4.78, 5) is 0.365. The lowest BCUT2D eigenvalue weighted by Gasteiger charge is -2.23. The summed E-state index contributed by atoms with van der Waals surface area (Å²) in [6.07, 6.45) is 1.68. The van der Waals surface area contributed by atoms with Crippen molar-refractivity contribution >= 4 is 26.0 Å². The van der Waals surface area contributed by atoms with Crippen molar-refractivity contribution in [1.29, 1.82) is 0 Å². The highest BCUT2D eigenvalue weighted by Crippen LogP contribution is 2.20. The highest BCUT2D eigenvalue weighted by Gasteiger charge is 2.22. The summed E-state index contributed by atoms with van der Waals surface area (Å²) in [7, 11) is -3.41. The molecule has 100 valence electrons. The van der Waals surface area contributed by atoms with Crippen LogP contribution in [0.2, 0.25) is 0 Å². The molecule has 1 aliphatic rings. The Kier molecular flexibility index (Phi) is 4.42. The van der Waals surface area contributed by atoms with Crippen molar-refractivity contribution in [2.24, 2.45) is 0 Å². The molecule has 2 rings (SSSR count). The van der Waals surface area contributed by atoms with Gasteiger partial charge in [0, 0.05) is 10.5 Å². The average Bonchev–Trinajstić information content (AvgIpc) is 2.29. The van der Waals surface area contributed by atoms with Gasteiger partial charge in [-0.25, -0.2) is 13.1 Å². The number of piperidine rings is 1. The van der Waals surface area contributed by atoms with Gasteiger partial charge in [0.1, 0.15) is 0 Å². The molecular weight excluding hydrogens is 316 g/mol. The molecule has 1 aromatic carbocycles. The van der Waals surface area contributed by atoms with E-state index in [0.717, 1.165) is 36.0 Å². The Labute approximate surface area is 116 Å². The molecule has 0 unspecified atom stereocenters. The van der Waals surface area contributed by atoms with E-state index in [-0.39, 0.29) is 6.04 Å². The normalized spacial score (nSPS) is 17.9. The predicted molar refractivity (Wildman–Crippen MR) is 75.1 cm³/mol. The number of sulfonamides is 1. The van der Waals surface area contributed by atoms with Crippen LogP contribution in [0.3, 0.4) is 0 Å². The number of hydrogen-bond acceptors (Lipinski definition) is 3. The van der Waals surface area contributed by atoms with E-state index in [1.54, 1.807) is 12.1 Å². The standard InChI is InChI=1S/C12H17BrN2O2S/c1-9-8-10(13)2-3-12(9)18(16,17)15-11-4-6-14-7-5-11/h2-3,8,11,14-15H,4-7H2,1H3. The number of halogens is 1. The molecule has 0 bridgehead atoms. The van der Waals surface area contributed by atoms with E-state index in [0.29, 0.717) is 4.90 Å². The van der Waals surface area contributed by atoms with Gasteiger partial charge < -0.3 is 5.32 Å². The van der Waals surface area contributed by atoms with Crippen molar-refractivity contribution in [1.82, 2.24) is 10.0 Å². The van der Waals surface area contributed by atoms with Crippen molar-refractivity contribution in [2.75, 3.05) is 13.1 Å². The molecule has 18 heavy (non-hydrogen) atoms. The molecule has 0 spiro atoms. The molecule has 4 nitrogen and oxygen atoms in total. The molecule has 1 aromatic rings. The van der Waals surface area contributed by atoms with Gasteiger partial charge in [-0.15, -0.1) is 0 Å². The third kappa shape index (κ3) is 3.32. The monoisotopic (exact) mass is 332 g/mol. The molecule has 2 N–H and O–H groups in total. The first-order valence-corrected chi connectivity index (χ1v) is 8.26. The summed E-state index contributed by atoms with van der Waals surface area (Å²) in [5, 5.41) is 3.22. The van der Waals surface area contributed by atoms with Gasteiger partial charge in [-0.2, -0.15) is 0 Å². The highest BCUT2D eigenvalue weighted by atomic mass is 79.9. The summed E-state index contributed by atoms with van der Waals surface area (Å²) in [6, 6.07) is 5.25. The first-order valence-electron chi connectivity index (χ1n) is 5.98. The Morgan fingerprint density at radius 1 is 1.33 bits per heavy atom. The van der Waals surface area contributed by atoms with E-state index in [9.17, 15) is 8.42 Å². The molecule has 0 atom stereocenters. The van der Waals surface area contributed by atoms with Crippen LogP contribution in [0.4, 0.5) is 0 Å². The number of hydrogen-bond donors (Lipinski definition) is 2. The molecule has 0 radical (unpaired) electrons. The maximum absolute atomic E-state index is 12.3. The quantitative estimate of drug-likeness (QED) is 0.887. The zero-order valence-corrected chi connectivity index (χ0v) is 12.6. The first-order chi connectivity index (χ1) is 8.49. The number of rotatable bonds is 3. The van der Waals surface area contributed by atoms with Crippen LogP contribution < -0.4 is 10.0 Å². The second-order valence-electron chi connectivity index (χ2n) is 4.56. The second kappa shape index (κ2) is 5.69. The summed E-state index contributed by atoms with van der Waals surface area (Å²) in [5.41, 5.74) is 0.755. The molecule has 0 amide bonds. The molecule has 1 fully saturated rings. The van der Waals surface area contributed by atoms with Gasteiger partial charge in [-0.3, -0.25) is 0 Å². The van der Waals surface area contributed by atoms with Crippen molar-refractivity contribution in [3.8, 4) is 0 Å². The first kappa shape index (κ1) is 14.0. The lowest BCUT2D eigenvalue weighted by atomic mass is 10.1. The molecule has 0 aromatic heterocycles.